The Morgan fingerprint density at radius 1 is 0.766 bits per heavy atom. The molecular weight excluding hydrogens is 659 g/mol. The second kappa shape index (κ2) is 17.6. The van der Waals surface area contributed by atoms with Crippen LogP contribution < -0.4 is 16.0 Å². The molecule has 0 radical (unpaired) electrons. The maximum atomic E-state index is 14.6. The van der Waals surface area contributed by atoms with E-state index in [0.29, 0.717) is 64.7 Å². The Labute approximate surface area is 292 Å². The van der Waals surface area contributed by atoms with Gasteiger partial charge in [-0.2, -0.15) is 5.10 Å². The molecule has 0 unspecified atom stereocenters. The molecule has 254 valence electrons. The van der Waals surface area contributed by atoms with Gasteiger partial charge in [-0.25, -0.2) is 9.69 Å². The molecule has 3 heterocycles. The highest BCUT2D eigenvalue weighted by Gasteiger charge is 2.32. The summed E-state index contributed by atoms with van der Waals surface area (Å²) in [6.45, 7) is 9.62. The van der Waals surface area contributed by atoms with Crippen molar-refractivity contribution in [3.05, 3.63) is 68.8 Å². The van der Waals surface area contributed by atoms with Crippen molar-refractivity contribution in [3.8, 4) is 16.9 Å². The number of piperidine rings is 1. The molecule has 0 saturated carbocycles. The molecule has 0 spiro atoms. The Balaban J connectivity index is 1.46. The molecule has 2 aromatic carbocycles. The maximum absolute atomic E-state index is 14.6. The first-order valence-corrected chi connectivity index (χ1v) is 17.7. The number of aromatic nitrogens is 2. The highest BCUT2D eigenvalue weighted by atomic mass is 35.5. The van der Waals surface area contributed by atoms with Crippen LogP contribution in [0.4, 0.5) is 0 Å². The van der Waals surface area contributed by atoms with Gasteiger partial charge < -0.3 is 20.9 Å². The maximum Gasteiger partial charge on any atom is 0.289 e. The van der Waals surface area contributed by atoms with Gasteiger partial charge in [0.2, 0.25) is 5.91 Å². The number of benzene rings is 2. The Morgan fingerprint density at radius 3 is 2.13 bits per heavy atom. The SMILES string of the molecule is Cc1c(C(=O)N(CC(=O)N2CCCNCCNCCCNCC2)N2CCCCC2)nn(-c2ccc(Cl)cc2Cl)c1-c1ccc(Cl)cc1. The van der Waals surface area contributed by atoms with Crippen LogP contribution in [0.25, 0.3) is 16.9 Å². The summed E-state index contributed by atoms with van der Waals surface area (Å²) in [5, 5.41) is 20.4. The average molecular weight is 704 g/mol. The molecule has 1 aromatic heterocycles. The van der Waals surface area contributed by atoms with Crippen molar-refractivity contribution in [2.24, 2.45) is 0 Å². The van der Waals surface area contributed by atoms with Crippen molar-refractivity contribution in [2.75, 3.05) is 72.0 Å². The fraction of sp³-hybridized carbons (Fsp3) is 0.500. The third kappa shape index (κ3) is 9.47. The molecular formula is C34H45Cl3N8O2. The number of amides is 2. The highest BCUT2D eigenvalue weighted by Crippen LogP contribution is 2.34. The van der Waals surface area contributed by atoms with Crippen LogP contribution in [0.5, 0.6) is 0 Å². The van der Waals surface area contributed by atoms with Gasteiger partial charge in [0.15, 0.2) is 5.69 Å². The Morgan fingerprint density at radius 2 is 1.43 bits per heavy atom. The van der Waals surface area contributed by atoms with Gasteiger partial charge >= 0.3 is 0 Å². The van der Waals surface area contributed by atoms with Gasteiger partial charge in [0.05, 0.1) is 16.4 Å². The van der Waals surface area contributed by atoms with E-state index in [0.717, 1.165) is 70.4 Å². The number of carbonyl (C=O) groups excluding carboxylic acids is 2. The summed E-state index contributed by atoms with van der Waals surface area (Å²) in [5.41, 5.74) is 3.07. The molecule has 3 N–H and O–H groups in total. The number of hydrogen-bond acceptors (Lipinski definition) is 7. The fourth-order valence-corrected chi connectivity index (χ4v) is 6.72. The monoisotopic (exact) mass is 702 g/mol. The van der Waals surface area contributed by atoms with Gasteiger partial charge in [-0.05, 0) is 82.6 Å². The van der Waals surface area contributed by atoms with Crippen molar-refractivity contribution in [3.63, 3.8) is 0 Å². The first-order valence-electron chi connectivity index (χ1n) is 16.6. The second-order valence-electron chi connectivity index (χ2n) is 12.1. The molecule has 3 aromatic rings. The zero-order valence-corrected chi connectivity index (χ0v) is 29.3. The molecule has 2 aliphatic rings. The van der Waals surface area contributed by atoms with Crippen LogP contribution in [0.15, 0.2) is 42.5 Å². The van der Waals surface area contributed by atoms with Gasteiger partial charge in [0, 0.05) is 67.0 Å². The molecule has 0 atom stereocenters. The lowest BCUT2D eigenvalue weighted by molar-refractivity contribution is -0.136. The van der Waals surface area contributed by atoms with E-state index in [9.17, 15) is 9.59 Å². The number of carbonyl (C=O) groups is 2. The number of nitrogens with zero attached hydrogens (tertiary/aromatic N) is 5. The lowest BCUT2D eigenvalue weighted by atomic mass is 10.1. The number of hydrazine groups is 1. The van der Waals surface area contributed by atoms with E-state index in [1.807, 2.05) is 29.0 Å². The van der Waals surface area contributed by atoms with Crippen molar-refractivity contribution >= 4 is 46.6 Å². The minimum absolute atomic E-state index is 0.0551. The minimum atomic E-state index is -0.314. The normalized spacial score (nSPS) is 17.7. The molecule has 13 heteroatoms. The second-order valence-corrected chi connectivity index (χ2v) is 13.3. The van der Waals surface area contributed by atoms with Gasteiger partial charge in [0.1, 0.15) is 6.54 Å². The number of halogens is 3. The quantitative estimate of drug-likeness (QED) is 0.331. The number of hydrogen-bond donors (Lipinski definition) is 3. The predicted molar refractivity (Wildman–Crippen MR) is 190 cm³/mol. The zero-order chi connectivity index (χ0) is 33.2. The fourth-order valence-electron chi connectivity index (χ4n) is 6.10. The first kappa shape index (κ1) is 35.6. The smallest absolute Gasteiger partial charge is 0.289 e. The number of rotatable bonds is 6. The summed E-state index contributed by atoms with van der Waals surface area (Å²) in [4.78, 5) is 30.5. The van der Waals surface area contributed by atoms with Crippen LogP contribution >= 0.6 is 34.8 Å². The summed E-state index contributed by atoms with van der Waals surface area (Å²) in [6.07, 6.45) is 4.86. The Kier molecular flexibility index (Phi) is 13.4. The highest BCUT2D eigenvalue weighted by molar-refractivity contribution is 6.35. The predicted octanol–water partition coefficient (Wildman–Crippen LogP) is 5.04. The van der Waals surface area contributed by atoms with Crippen molar-refractivity contribution in [2.45, 2.75) is 39.0 Å². The largest absolute Gasteiger partial charge is 0.340 e. The molecule has 2 fully saturated rings. The Bertz CT molecular complexity index is 1480. The van der Waals surface area contributed by atoms with Gasteiger partial charge in [-0.15, -0.1) is 0 Å². The third-order valence-corrected chi connectivity index (χ3v) is 9.44. The molecule has 2 aliphatic heterocycles. The van der Waals surface area contributed by atoms with Crippen molar-refractivity contribution in [1.82, 2.24) is 40.6 Å². The average Bonchev–Trinajstić information content (AvgIpc) is 3.41. The van der Waals surface area contributed by atoms with Crippen LogP contribution in [0, 0.1) is 6.92 Å². The molecule has 10 nitrogen and oxygen atoms in total. The van der Waals surface area contributed by atoms with Crippen molar-refractivity contribution < 1.29 is 9.59 Å². The summed E-state index contributed by atoms with van der Waals surface area (Å²) < 4.78 is 1.69. The van der Waals surface area contributed by atoms with E-state index in [2.05, 4.69) is 16.0 Å². The minimum Gasteiger partial charge on any atom is -0.340 e. The van der Waals surface area contributed by atoms with Crippen LogP contribution in [0.2, 0.25) is 15.1 Å². The lowest BCUT2D eigenvalue weighted by Crippen LogP contribution is -2.54. The van der Waals surface area contributed by atoms with E-state index in [4.69, 9.17) is 39.9 Å². The van der Waals surface area contributed by atoms with Crippen LogP contribution in [-0.4, -0.2) is 109 Å². The number of nitrogens with one attached hydrogen (secondary N) is 3. The van der Waals surface area contributed by atoms with Crippen molar-refractivity contribution in [1.29, 1.82) is 0 Å². The molecule has 0 aliphatic carbocycles. The summed E-state index contributed by atoms with van der Waals surface area (Å²) >= 11 is 19.1. The Hall–Kier alpha value is -2.70. The van der Waals surface area contributed by atoms with Crippen LogP contribution in [0.1, 0.15) is 48.2 Å². The third-order valence-electron chi connectivity index (χ3n) is 8.65. The first-order chi connectivity index (χ1) is 22.8. The zero-order valence-electron chi connectivity index (χ0n) is 27.0. The standard InChI is InChI=1S/C34H45Cl3N8O2/c1-25-32(41-45(30-12-11-28(36)23-29(30)37)33(25)26-7-9-27(35)10-8-26)34(47)44(43-20-3-2-4-21-43)24-31(46)42-19-6-15-39-17-16-38-13-5-14-40-18-22-42/h7-12,23,38-40H,2-6,13-22,24H2,1H3. The topological polar surface area (TPSA) is 97.8 Å². The van der Waals surface area contributed by atoms with E-state index >= 15 is 0 Å². The van der Waals surface area contributed by atoms with Gasteiger partial charge in [-0.3, -0.25) is 14.6 Å². The lowest BCUT2D eigenvalue weighted by Gasteiger charge is -2.37. The van der Waals surface area contributed by atoms with E-state index in [1.54, 1.807) is 40.0 Å². The van der Waals surface area contributed by atoms with Gasteiger partial charge in [-0.1, -0.05) is 53.4 Å². The molecule has 0 bridgehead atoms. The van der Waals surface area contributed by atoms with Crippen LogP contribution in [0.3, 0.4) is 0 Å². The van der Waals surface area contributed by atoms with E-state index in [-0.39, 0.29) is 24.1 Å². The van der Waals surface area contributed by atoms with E-state index < -0.39 is 0 Å². The molecule has 2 amide bonds. The van der Waals surface area contributed by atoms with Gasteiger partial charge in [0.25, 0.3) is 5.91 Å². The van der Waals surface area contributed by atoms with E-state index in [1.165, 1.54) is 0 Å². The van der Waals surface area contributed by atoms with Crippen LogP contribution in [-0.2, 0) is 4.79 Å². The summed E-state index contributed by atoms with van der Waals surface area (Å²) in [5.74, 6) is -0.388. The molecule has 47 heavy (non-hydrogen) atoms. The molecule has 5 rings (SSSR count). The molecule has 2 saturated heterocycles. The summed E-state index contributed by atoms with van der Waals surface area (Å²) in [6, 6.07) is 12.6. The summed E-state index contributed by atoms with van der Waals surface area (Å²) in [7, 11) is 0.